The number of ether oxygens (including phenoxy) is 2. The summed E-state index contributed by atoms with van der Waals surface area (Å²) in [6.45, 7) is 2.52. The van der Waals surface area contributed by atoms with E-state index in [9.17, 15) is 9.90 Å². The summed E-state index contributed by atoms with van der Waals surface area (Å²) in [6, 6.07) is 2.99. The largest absolute Gasteiger partial charge is 0.507 e. The average Bonchev–Trinajstić information content (AvgIpc) is 2.26. The SMILES string of the molecule is CCCOc1ccc(O)c(C=O)c1OC. The molecular formula is C11H14O4. The smallest absolute Gasteiger partial charge is 0.175 e. The predicted molar refractivity (Wildman–Crippen MR) is 55.8 cm³/mol. The lowest BCUT2D eigenvalue weighted by Crippen LogP contribution is -2.00. The van der Waals surface area contributed by atoms with Gasteiger partial charge < -0.3 is 14.6 Å². The van der Waals surface area contributed by atoms with E-state index in [2.05, 4.69) is 0 Å². The second kappa shape index (κ2) is 5.24. The molecule has 0 fully saturated rings. The normalized spacial score (nSPS) is 9.73. The Morgan fingerprint density at radius 3 is 2.73 bits per heavy atom. The first-order valence-corrected chi connectivity index (χ1v) is 4.72. The van der Waals surface area contributed by atoms with E-state index in [1.807, 2.05) is 6.92 Å². The average molecular weight is 210 g/mol. The van der Waals surface area contributed by atoms with Crippen molar-refractivity contribution in [3.63, 3.8) is 0 Å². The molecule has 0 aromatic heterocycles. The minimum atomic E-state index is -0.106. The van der Waals surface area contributed by atoms with Crippen LogP contribution < -0.4 is 9.47 Å². The van der Waals surface area contributed by atoms with Gasteiger partial charge in [0, 0.05) is 0 Å². The fourth-order valence-corrected chi connectivity index (χ4v) is 1.22. The lowest BCUT2D eigenvalue weighted by molar-refractivity contribution is 0.111. The molecule has 15 heavy (non-hydrogen) atoms. The number of hydrogen-bond donors (Lipinski definition) is 1. The Morgan fingerprint density at radius 2 is 2.20 bits per heavy atom. The van der Waals surface area contributed by atoms with Gasteiger partial charge in [-0.1, -0.05) is 6.92 Å². The van der Waals surface area contributed by atoms with Gasteiger partial charge in [-0.15, -0.1) is 0 Å². The van der Waals surface area contributed by atoms with Crippen molar-refractivity contribution in [1.82, 2.24) is 0 Å². The van der Waals surface area contributed by atoms with Gasteiger partial charge in [0.15, 0.2) is 17.8 Å². The Labute approximate surface area is 88.4 Å². The zero-order valence-corrected chi connectivity index (χ0v) is 8.82. The molecular weight excluding hydrogens is 196 g/mol. The van der Waals surface area contributed by atoms with E-state index in [0.717, 1.165) is 6.42 Å². The van der Waals surface area contributed by atoms with Gasteiger partial charge in [0.05, 0.1) is 13.7 Å². The van der Waals surface area contributed by atoms with Crippen molar-refractivity contribution in [3.8, 4) is 17.2 Å². The van der Waals surface area contributed by atoms with Crippen LogP contribution in [0.2, 0.25) is 0 Å². The van der Waals surface area contributed by atoms with E-state index in [1.165, 1.54) is 13.2 Å². The molecule has 0 unspecified atom stereocenters. The molecule has 0 amide bonds. The van der Waals surface area contributed by atoms with Gasteiger partial charge in [-0.3, -0.25) is 4.79 Å². The van der Waals surface area contributed by atoms with Crippen molar-refractivity contribution in [2.45, 2.75) is 13.3 Å². The molecule has 0 radical (unpaired) electrons. The molecule has 82 valence electrons. The van der Waals surface area contributed by atoms with Crippen LogP contribution in [-0.2, 0) is 0 Å². The Kier molecular flexibility index (Phi) is 3.97. The van der Waals surface area contributed by atoms with E-state index in [4.69, 9.17) is 9.47 Å². The lowest BCUT2D eigenvalue weighted by atomic mass is 10.2. The van der Waals surface area contributed by atoms with Gasteiger partial charge in [0.2, 0.25) is 0 Å². The lowest BCUT2D eigenvalue weighted by Gasteiger charge is -2.12. The van der Waals surface area contributed by atoms with Crippen molar-refractivity contribution in [2.24, 2.45) is 0 Å². The molecule has 4 nitrogen and oxygen atoms in total. The first-order chi connectivity index (χ1) is 7.24. The summed E-state index contributed by atoms with van der Waals surface area (Å²) < 4.78 is 10.4. The monoisotopic (exact) mass is 210 g/mol. The number of benzene rings is 1. The molecule has 0 saturated carbocycles. The molecule has 0 bridgehead atoms. The third kappa shape index (κ3) is 2.40. The molecule has 0 atom stereocenters. The molecule has 0 aliphatic heterocycles. The van der Waals surface area contributed by atoms with Gasteiger partial charge in [-0.05, 0) is 18.6 Å². The Balaban J connectivity index is 3.10. The molecule has 1 aromatic carbocycles. The van der Waals surface area contributed by atoms with Crippen LogP contribution in [0.25, 0.3) is 0 Å². The highest BCUT2D eigenvalue weighted by Crippen LogP contribution is 2.35. The quantitative estimate of drug-likeness (QED) is 0.755. The fourth-order valence-electron chi connectivity index (χ4n) is 1.22. The van der Waals surface area contributed by atoms with E-state index in [-0.39, 0.29) is 17.1 Å². The number of carbonyl (C=O) groups excluding carboxylic acids is 1. The summed E-state index contributed by atoms with van der Waals surface area (Å²) >= 11 is 0. The molecule has 1 aromatic rings. The van der Waals surface area contributed by atoms with Gasteiger partial charge in [-0.25, -0.2) is 0 Å². The van der Waals surface area contributed by atoms with Crippen LogP contribution in [-0.4, -0.2) is 25.1 Å². The maximum Gasteiger partial charge on any atom is 0.175 e. The zero-order valence-electron chi connectivity index (χ0n) is 8.82. The first kappa shape index (κ1) is 11.4. The van der Waals surface area contributed by atoms with E-state index in [1.54, 1.807) is 6.07 Å². The predicted octanol–water partition coefficient (Wildman–Crippen LogP) is 2.00. The number of phenolic OH excluding ortho intramolecular Hbond substituents is 1. The van der Waals surface area contributed by atoms with Crippen LogP contribution in [0.5, 0.6) is 17.2 Å². The molecule has 4 heteroatoms. The summed E-state index contributed by atoms with van der Waals surface area (Å²) in [5.41, 5.74) is 0.117. The third-order valence-electron chi connectivity index (χ3n) is 1.92. The number of rotatable bonds is 5. The number of hydrogen-bond acceptors (Lipinski definition) is 4. The molecule has 1 N–H and O–H groups in total. The maximum atomic E-state index is 10.7. The van der Waals surface area contributed by atoms with E-state index >= 15 is 0 Å². The highest BCUT2D eigenvalue weighted by molar-refractivity contribution is 5.85. The van der Waals surface area contributed by atoms with Crippen molar-refractivity contribution < 1.29 is 19.4 Å². The van der Waals surface area contributed by atoms with Gasteiger partial charge >= 0.3 is 0 Å². The second-order valence-corrected chi connectivity index (χ2v) is 3.00. The van der Waals surface area contributed by atoms with E-state index < -0.39 is 0 Å². The molecule has 0 heterocycles. The van der Waals surface area contributed by atoms with Crippen molar-refractivity contribution in [3.05, 3.63) is 17.7 Å². The highest BCUT2D eigenvalue weighted by Gasteiger charge is 2.13. The summed E-state index contributed by atoms with van der Waals surface area (Å²) in [5.74, 6) is 0.642. The van der Waals surface area contributed by atoms with Gasteiger partial charge in [0.25, 0.3) is 0 Å². The van der Waals surface area contributed by atoms with Crippen LogP contribution in [0, 0.1) is 0 Å². The van der Waals surface area contributed by atoms with E-state index in [0.29, 0.717) is 18.6 Å². The van der Waals surface area contributed by atoms with Gasteiger partial charge in [-0.2, -0.15) is 0 Å². The Hall–Kier alpha value is -1.71. The number of aromatic hydroxyl groups is 1. The first-order valence-electron chi connectivity index (χ1n) is 4.72. The summed E-state index contributed by atoms with van der Waals surface area (Å²) in [4.78, 5) is 10.7. The van der Waals surface area contributed by atoms with Crippen LogP contribution in [0.4, 0.5) is 0 Å². The van der Waals surface area contributed by atoms with Crippen LogP contribution >= 0.6 is 0 Å². The number of phenols is 1. The number of methoxy groups -OCH3 is 1. The molecule has 0 aliphatic carbocycles. The van der Waals surface area contributed by atoms with Crippen LogP contribution in [0.3, 0.4) is 0 Å². The maximum absolute atomic E-state index is 10.7. The molecule has 0 aliphatic rings. The highest BCUT2D eigenvalue weighted by atomic mass is 16.5. The van der Waals surface area contributed by atoms with Gasteiger partial charge in [0.1, 0.15) is 11.3 Å². The van der Waals surface area contributed by atoms with Crippen LogP contribution in [0.1, 0.15) is 23.7 Å². The van der Waals surface area contributed by atoms with Crippen molar-refractivity contribution in [2.75, 3.05) is 13.7 Å². The minimum absolute atomic E-state index is 0.106. The number of aldehydes is 1. The summed E-state index contributed by atoms with van der Waals surface area (Å²) in [5, 5.41) is 9.41. The number of carbonyl (C=O) groups is 1. The topological polar surface area (TPSA) is 55.8 Å². The Bertz CT molecular complexity index is 347. The Morgan fingerprint density at radius 1 is 1.47 bits per heavy atom. The standard InChI is InChI=1S/C11H14O4/c1-3-6-15-10-5-4-9(13)8(7-12)11(10)14-2/h4-5,7,13H,3,6H2,1-2H3. The van der Waals surface area contributed by atoms with Crippen molar-refractivity contribution in [1.29, 1.82) is 0 Å². The minimum Gasteiger partial charge on any atom is -0.507 e. The summed E-state index contributed by atoms with van der Waals surface area (Å²) in [7, 11) is 1.43. The molecule has 0 spiro atoms. The second-order valence-electron chi connectivity index (χ2n) is 3.00. The molecule has 1 rings (SSSR count). The zero-order chi connectivity index (χ0) is 11.3. The third-order valence-corrected chi connectivity index (χ3v) is 1.92. The summed E-state index contributed by atoms with van der Waals surface area (Å²) in [6.07, 6.45) is 1.41. The van der Waals surface area contributed by atoms with Crippen LogP contribution in [0.15, 0.2) is 12.1 Å². The molecule has 0 saturated heterocycles. The fraction of sp³-hybridized carbons (Fsp3) is 0.364. The van der Waals surface area contributed by atoms with Crippen molar-refractivity contribution >= 4 is 6.29 Å².